The Labute approximate surface area is 151 Å². The largest absolute Gasteiger partial charge is 0.296 e. The summed E-state index contributed by atoms with van der Waals surface area (Å²) in [4.78, 5) is 24.4. The summed E-state index contributed by atoms with van der Waals surface area (Å²) < 4.78 is 14.2. The molecule has 130 valence electrons. The summed E-state index contributed by atoms with van der Waals surface area (Å²) in [5, 5.41) is 0. The normalized spacial score (nSPS) is 50.9. The molecule has 3 fully saturated rings. The fourth-order valence-electron chi connectivity index (χ4n) is 6.34. The van der Waals surface area contributed by atoms with Crippen molar-refractivity contribution < 1.29 is 14.0 Å². The van der Waals surface area contributed by atoms with Gasteiger partial charge in [0.25, 0.3) is 0 Å². The topological polar surface area (TPSA) is 34.1 Å². The maximum atomic E-state index is 14.2. The van der Waals surface area contributed by atoms with Gasteiger partial charge in [-0.05, 0) is 66.9 Å². The number of allylic oxidation sites excluding steroid dienone is 2. The molecule has 0 N–H and O–H groups in total. The summed E-state index contributed by atoms with van der Waals surface area (Å²) in [5.74, 6) is 0.762. The van der Waals surface area contributed by atoms with Crippen molar-refractivity contribution in [2.45, 2.75) is 57.0 Å². The van der Waals surface area contributed by atoms with E-state index < -0.39 is 11.6 Å². The molecule has 2 nitrogen and oxygen atoms in total. The van der Waals surface area contributed by atoms with Crippen molar-refractivity contribution in [2.75, 3.05) is 0 Å². The number of rotatable bonds is 0. The zero-order valence-electron chi connectivity index (χ0n) is 14.3. The lowest BCUT2D eigenvalue weighted by atomic mass is 9.47. The van der Waals surface area contributed by atoms with Crippen LogP contribution in [0.15, 0.2) is 23.8 Å². The summed E-state index contributed by atoms with van der Waals surface area (Å²) in [7, 11) is 0. The van der Waals surface area contributed by atoms with Gasteiger partial charge in [0.1, 0.15) is 0 Å². The van der Waals surface area contributed by atoms with Crippen LogP contribution >= 0.6 is 15.9 Å². The van der Waals surface area contributed by atoms with E-state index in [1.165, 1.54) is 0 Å². The number of carbonyl (C=O) groups is 2. The standard InChI is InChI=1S/C20H24BrFO2/c1-10-6-11-12(20(3)9-15(21)17(23)8-13(10)20)4-5-19(2)14(11)7-16(22)18(19)24/h8,11-12,14-16H,1,4-7,9H2,2-3H3/t11-,12+,14+,15?,16?,19+,20-/m1/s1. The van der Waals surface area contributed by atoms with Gasteiger partial charge in [0.05, 0.1) is 4.83 Å². The van der Waals surface area contributed by atoms with Gasteiger partial charge in [-0.2, -0.15) is 0 Å². The molecule has 0 bridgehead atoms. The van der Waals surface area contributed by atoms with Gasteiger partial charge in [-0.25, -0.2) is 4.39 Å². The SMILES string of the molecule is C=C1C[C@@H]2[C@H](CC[C@]3(C)C(=O)C(F)C[C@@H]23)[C@@]2(C)CC(Br)C(=O)C=C12. The highest BCUT2D eigenvalue weighted by molar-refractivity contribution is 9.10. The van der Waals surface area contributed by atoms with Crippen molar-refractivity contribution >= 4 is 27.5 Å². The highest BCUT2D eigenvalue weighted by Gasteiger charge is 2.62. The third-order valence-electron chi connectivity index (χ3n) is 7.63. The Morgan fingerprint density at radius 2 is 1.96 bits per heavy atom. The molecule has 0 aromatic rings. The van der Waals surface area contributed by atoms with Crippen molar-refractivity contribution in [1.82, 2.24) is 0 Å². The van der Waals surface area contributed by atoms with Crippen molar-refractivity contribution in [2.24, 2.45) is 28.6 Å². The quantitative estimate of drug-likeness (QED) is 0.563. The molecular formula is C20H24BrFO2. The fraction of sp³-hybridized carbons (Fsp3) is 0.700. The van der Waals surface area contributed by atoms with E-state index in [0.29, 0.717) is 18.3 Å². The van der Waals surface area contributed by atoms with Crippen LogP contribution in [0.2, 0.25) is 0 Å². The molecule has 2 unspecified atom stereocenters. The molecule has 0 aromatic carbocycles. The number of halogens is 2. The molecule has 4 rings (SSSR count). The minimum absolute atomic E-state index is 0.0964. The number of Topliss-reactive ketones (excluding diaryl/α,β-unsaturated/α-hetero) is 1. The predicted octanol–water partition coefficient (Wildman–Crippen LogP) is 4.57. The van der Waals surface area contributed by atoms with Crippen LogP contribution in [0.3, 0.4) is 0 Å². The maximum absolute atomic E-state index is 14.2. The summed E-state index contributed by atoms with van der Waals surface area (Å²) in [6, 6.07) is 0. The molecule has 0 aliphatic heterocycles. The van der Waals surface area contributed by atoms with Crippen LogP contribution < -0.4 is 0 Å². The first-order valence-corrected chi connectivity index (χ1v) is 9.86. The molecule has 0 heterocycles. The maximum Gasteiger partial charge on any atom is 0.173 e. The van der Waals surface area contributed by atoms with Crippen molar-refractivity contribution in [3.05, 3.63) is 23.8 Å². The van der Waals surface area contributed by atoms with Gasteiger partial charge in [0.2, 0.25) is 0 Å². The molecule has 0 radical (unpaired) electrons. The van der Waals surface area contributed by atoms with Crippen molar-refractivity contribution in [3.63, 3.8) is 0 Å². The zero-order valence-corrected chi connectivity index (χ0v) is 15.9. The van der Waals surface area contributed by atoms with Crippen LogP contribution in [0.25, 0.3) is 0 Å². The number of hydrogen-bond acceptors (Lipinski definition) is 2. The minimum atomic E-state index is -1.30. The second-order valence-electron chi connectivity index (χ2n) is 8.76. The number of hydrogen-bond donors (Lipinski definition) is 0. The Hall–Kier alpha value is -0.770. The van der Waals surface area contributed by atoms with E-state index in [4.69, 9.17) is 0 Å². The Kier molecular flexibility index (Phi) is 3.56. The molecule has 4 aliphatic rings. The van der Waals surface area contributed by atoms with Crippen LogP contribution in [0.4, 0.5) is 4.39 Å². The van der Waals surface area contributed by atoms with Crippen LogP contribution in [-0.2, 0) is 9.59 Å². The predicted molar refractivity (Wildman–Crippen MR) is 94.6 cm³/mol. The third kappa shape index (κ3) is 1.98. The number of fused-ring (bicyclic) bond motifs is 5. The molecule has 0 aromatic heterocycles. The highest BCUT2D eigenvalue weighted by Crippen LogP contribution is 2.65. The van der Waals surface area contributed by atoms with Gasteiger partial charge in [-0.1, -0.05) is 41.9 Å². The molecule has 24 heavy (non-hydrogen) atoms. The fourth-order valence-corrected chi connectivity index (χ4v) is 7.15. The van der Waals surface area contributed by atoms with Crippen LogP contribution in [0.1, 0.15) is 46.0 Å². The second kappa shape index (κ2) is 5.12. The minimum Gasteiger partial charge on any atom is -0.296 e. The van der Waals surface area contributed by atoms with Gasteiger partial charge in [-0.3, -0.25) is 9.59 Å². The third-order valence-corrected chi connectivity index (χ3v) is 8.41. The van der Waals surface area contributed by atoms with Crippen LogP contribution in [-0.4, -0.2) is 22.6 Å². The van der Waals surface area contributed by atoms with Gasteiger partial charge < -0.3 is 0 Å². The Morgan fingerprint density at radius 3 is 2.67 bits per heavy atom. The lowest BCUT2D eigenvalue weighted by Crippen LogP contribution is -2.52. The van der Waals surface area contributed by atoms with E-state index in [0.717, 1.165) is 36.8 Å². The summed E-state index contributed by atoms with van der Waals surface area (Å²) in [5.41, 5.74) is 1.53. The lowest BCUT2D eigenvalue weighted by molar-refractivity contribution is -0.134. The van der Waals surface area contributed by atoms with Gasteiger partial charge in [0, 0.05) is 5.41 Å². The average molecular weight is 395 g/mol. The highest BCUT2D eigenvalue weighted by atomic mass is 79.9. The molecule has 0 spiro atoms. The molecule has 0 saturated heterocycles. The van der Waals surface area contributed by atoms with E-state index in [1.807, 2.05) is 6.92 Å². The first kappa shape index (κ1) is 16.7. The first-order chi connectivity index (χ1) is 11.2. The second-order valence-corrected chi connectivity index (χ2v) is 9.86. The van der Waals surface area contributed by atoms with Gasteiger partial charge in [0.15, 0.2) is 17.7 Å². The first-order valence-electron chi connectivity index (χ1n) is 8.95. The summed E-state index contributed by atoms with van der Waals surface area (Å²) in [6.07, 6.45) is 4.14. The number of carbonyl (C=O) groups excluding carboxylic acids is 2. The van der Waals surface area contributed by atoms with Gasteiger partial charge in [-0.15, -0.1) is 0 Å². The molecule has 0 amide bonds. The molecule has 7 atom stereocenters. The lowest BCUT2D eigenvalue weighted by Gasteiger charge is -2.57. The van der Waals surface area contributed by atoms with Crippen molar-refractivity contribution in [1.29, 1.82) is 0 Å². The molecule has 4 heteroatoms. The average Bonchev–Trinajstić information content (AvgIpc) is 2.74. The smallest absolute Gasteiger partial charge is 0.173 e. The Bertz CT molecular complexity index is 683. The molecular weight excluding hydrogens is 371 g/mol. The van der Waals surface area contributed by atoms with Gasteiger partial charge >= 0.3 is 0 Å². The van der Waals surface area contributed by atoms with E-state index in [9.17, 15) is 14.0 Å². The van der Waals surface area contributed by atoms with E-state index in [1.54, 1.807) is 6.08 Å². The van der Waals surface area contributed by atoms with E-state index in [-0.39, 0.29) is 27.7 Å². The van der Waals surface area contributed by atoms with Crippen molar-refractivity contribution in [3.8, 4) is 0 Å². The van der Waals surface area contributed by atoms with E-state index in [2.05, 4.69) is 29.4 Å². The monoisotopic (exact) mass is 394 g/mol. The molecule has 4 aliphatic carbocycles. The van der Waals surface area contributed by atoms with Crippen LogP contribution in [0, 0.1) is 28.6 Å². The zero-order chi connectivity index (χ0) is 17.4. The number of alkyl halides is 2. The molecule has 3 saturated carbocycles. The Balaban J connectivity index is 1.77. The Morgan fingerprint density at radius 1 is 1.25 bits per heavy atom. The summed E-state index contributed by atoms with van der Waals surface area (Å²) >= 11 is 3.54. The van der Waals surface area contributed by atoms with Crippen LogP contribution in [0.5, 0.6) is 0 Å². The van der Waals surface area contributed by atoms with E-state index >= 15 is 0 Å². The summed E-state index contributed by atoms with van der Waals surface area (Å²) in [6.45, 7) is 8.47. The number of ketones is 2.